The molecule has 0 aliphatic heterocycles. The second kappa shape index (κ2) is 8.75. The fourth-order valence-electron chi connectivity index (χ4n) is 0.0598. The van der Waals surface area contributed by atoms with Gasteiger partial charge in [-0.25, -0.2) is 0 Å². The van der Waals surface area contributed by atoms with E-state index in [4.69, 9.17) is 33.0 Å². The molecule has 2 atom stereocenters. The molecule has 0 aliphatic carbocycles. The van der Waals surface area contributed by atoms with Crippen molar-refractivity contribution < 1.29 is 23.2 Å². The molecular weight excluding hydrogens is 237 g/mol. The van der Waals surface area contributed by atoms with Crippen molar-refractivity contribution >= 4 is 39.7 Å². The molecule has 0 amide bonds. The lowest BCUT2D eigenvalue weighted by molar-refractivity contribution is 0.371. The molecule has 0 fully saturated rings. The minimum Gasteiger partial charge on any atom is -0.131 e. The predicted octanol–water partition coefficient (Wildman–Crippen LogP) is 2.11. The molecule has 0 bridgehead atoms. The van der Waals surface area contributed by atoms with Gasteiger partial charge in [0, 0.05) is 9.13 Å². The highest BCUT2D eigenvalue weighted by molar-refractivity contribution is 7.46. The van der Waals surface area contributed by atoms with E-state index in [0.29, 0.717) is 0 Å². The van der Waals surface area contributed by atoms with E-state index in [1.54, 1.807) is 6.92 Å². The maximum absolute atomic E-state index is 9.39. The molecule has 2 N–H and O–H groups in total. The van der Waals surface area contributed by atoms with Gasteiger partial charge in [-0.15, -0.1) is 33.0 Å². The summed E-state index contributed by atoms with van der Waals surface area (Å²) >= 11 is 10.1. The Balaban J connectivity index is 0. The van der Waals surface area contributed by atoms with Crippen LogP contribution in [0.3, 0.4) is 0 Å². The number of alkyl halides is 2. The van der Waals surface area contributed by atoms with Crippen LogP contribution in [-0.2, 0) is 13.4 Å². The third kappa shape index (κ3) is 36.8. The van der Waals surface area contributed by atoms with Gasteiger partial charge in [-0.3, -0.25) is 0 Å². The van der Waals surface area contributed by atoms with Crippen molar-refractivity contribution in [1.29, 1.82) is 0 Å². The van der Waals surface area contributed by atoms with Gasteiger partial charge in [-0.05, 0) is 6.92 Å². The van der Waals surface area contributed by atoms with Crippen LogP contribution in [0.15, 0.2) is 0 Å². The molecule has 11 heavy (non-hydrogen) atoms. The standard InChI is InChI=1S/C2H4Cl2.O5P2/c1-2(3)4;1-6(2)5-7(3)4/h2H,1H3;/p+2. The smallest absolute Gasteiger partial charge is 0.131 e. The van der Waals surface area contributed by atoms with Crippen LogP contribution in [0.25, 0.3) is 0 Å². The lowest BCUT2D eigenvalue weighted by atomic mass is 11.0. The van der Waals surface area contributed by atoms with Crippen molar-refractivity contribution in [3.05, 3.63) is 0 Å². The molecule has 2 unspecified atom stereocenters. The van der Waals surface area contributed by atoms with E-state index in [-0.39, 0.29) is 4.84 Å². The van der Waals surface area contributed by atoms with Gasteiger partial charge in [-0.2, -0.15) is 0 Å². The lowest BCUT2D eigenvalue weighted by Crippen LogP contribution is -1.63. The highest BCUT2D eigenvalue weighted by Gasteiger charge is 2.31. The summed E-state index contributed by atoms with van der Waals surface area (Å²) in [5.74, 6) is 0. The first-order chi connectivity index (χ1) is 4.86. The van der Waals surface area contributed by atoms with Gasteiger partial charge < -0.3 is 0 Å². The molecule has 0 saturated heterocycles. The largest absolute Gasteiger partial charge is 0.745 e. The third-order valence-electron chi connectivity index (χ3n) is 0.140. The topological polar surface area (TPSA) is 83.8 Å². The van der Waals surface area contributed by atoms with E-state index in [2.05, 4.69) is 4.31 Å². The fourth-order valence-corrected chi connectivity index (χ4v) is 0.538. The van der Waals surface area contributed by atoms with E-state index in [9.17, 15) is 9.13 Å². The second-order valence-electron chi connectivity index (χ2n) is 1.08. The van der Waals surface area contributed by atoms with Crippen molar-refractivity contribution in [3.63, 3.8) is 0 Å². The molecule has 0 aliphatic rings. The molecule has 0 heterocycles. The Morgan fingerprint density at radius 3 is 1.45 bits per heavy atom. The quantitative estimate of drug-likeness (QED) is 0.573. The fraction of sp³-hybridized carbons (Fsp3) is 1.00. The molecule has 0 saturated carbocycles. The molecule has 9 heteroatoms. The number of hydrogen-bond acceptors (Lipinski definition) is 3. The van der Waals surface area contributed by atoms with Gasteiger partial charge in [0.05, 0.1) is 0 Å². The molecule has 0 spiro atoms. The Bertz CT molecular complexity index is 124. The molecule has 0 rings (SSSR count). The molecule has 0 radical (unpaired) electrons. The average molecular weight is 243 g/mol. The van der Waals surface area contributed by atoms with Crippen LogP contribution in [0.2, 0.25) is 0 Å². The van der Waals surface area contributed by atoms with Gasteiger partial charge in [-0.1, -0.05) is 0 Å². The molecule has 0 aromatic rings. The number of hydrogen-bond donors (Lipinski definition) is 2. The van der Waals surface area contributed by atoms with Gasteiger partial charge in [0.15, 0.2) is 4.31 Å². The maximum Gasteiger partial charge on any atom is 0.745 e. The monoisotopic (exact) mass is 242 g/mol. The Hall–Kier alpha value is 0.660. The highest BCUT2D eigenvalue weighted by Crippen LogP contribution is 2.30. The summed E-state index contributed by atoms with van der Waals surface area (Å²) in [6.07, 6.45) is 0. The predicted molar refractivity (Wildman–Crippen MR) is 41.9 cm³/mol. The van der Waals surface area contributed by atoms with Crippen molar-refractivity contribution in [3.8, 4) is 0 Å². The summed E-state index contributed by atoms with van der Waals surface area (Å²) < 4.78 is 22.2. The van der Waals surface area contributed by atoms with E-state index >= 15 is 0 Å². The Labute approximate surface area is 75.2 Å². The van der Waals surface area contributed by atoms with Crippen LogP contribution in [0, 0.1) is 0 Å². The minimum atomic E-state index is -2.92. The van der Waals surface area contributed by atoms with Crippen molar-refractivity contribution in [2.45, 2.75) is 11.8 Å². The molecule has 0 aromatic heterocycles. The summed E-state index contributed by atoms with van der Waals surface area (Å²) in [6.45, 7) is 1.70. The average Bonchev–Trinajstić information content (AvgIpc) is 1.56. The zero-order valence-electron chi connectivity index (χ0n) is 5.35. The lowest BCUT2D eigenvalue weighted by Gasteiger charge is -1.72. The molecule has 0 aromatic carbocycles. The molecule has 5 nitrogen and oxygen atoms in total. The van der Waals surface area contributed by atoms with Crippen molar-refractivity contribution in [2.75, 3.05) is 0 Å². The Kier molecular flexibility index (Phi) is 11.3. The Morgan fingerprint density at radius 1 is 1.27 bits per heavy atom. The van der Waals surface area contributed by atoms with Crippen LogP contribution in [-0.4, -0.2) is 14.6 Å². The van der Waals surface area contributed by atoms with Gasteiger partial charge in [0.1, 0.15) is 4.84 Å². The van der Waals surface area contributed by atoms with E-state index in [1.807, 2.05) is 0 Å². The van der Waals surface area contributed by atoms with E-state index < -0.39 is 16.5 Å². The minimum absolute atomic E-state index is 0.222. The summed E-state index contributed by atoms with van der Waals surface area (Å²) in [5.41, 5.74) is 0. The van der Waals surface area contributed by atoms with Crippen molar-refractivity contribution in [2.24, 2.45) is 0 Å². The van der Waals surface area contributed by atoms with Crippen LogP contribution in [0.5, 0.6) is 0 Å². The molecular formula is C2H6Cl2O5P2+2. The summed E-state index contributed by atoms with van der Waals surface area (Å²) in [5, 5.41) is 0. The van der Waals surface area contributed by atoms with Gasteiger partial charge in [0.2, 0.25) is 0 Å². The van der Waals surface area contributed by atoms with Crippen LogP contribution in [0.1, 0.15) is 6.92 Å². The van der Waals surface area contributed by atoms with E-state index in [1.165, 1.54) is 0 Å². The van der Waals surface area contributed by atoms with Gasteiger partial charge >= 0.3 is 16.5 Å². The van der Waals surface area contributed by atoms with Crippen molar-refractivity contribution in [1.82, 2.24) is 0 Å². The normalized spacial score (nSPS) is 11.8. The summed E-state index contributed by atoms with van der Waals surface area (Å²) in [7, 11) is -5.85. The third-order valence-corrected chi connectivity index (χ3v) is 1.26. The first-order valence-corrected chi connectivity index (χ1v) is 5.28. The summed E-state index contributed by atoms with van der Waals surface area (Å²) in [4.78, 5) is 15.1. The highest BCUT2D eigenvalue weighted by atomic mass is 35.5. The van der Waals surface area contributed by atoms with Crippen LogP contribution >= 0.6 is 39.7 Å². The zero-order chi connectivity index (χ0) is 9.44. The van der Waals surface area contributed by atoms with Gasteiger partial charge in [0.25, 0.3) is 0 Å². The SMILES string of the molecule is CC(Cl)Cl.O=[P+](O)O[P+](=O)O. The van der Waals surface area contributed by atoms with Crippen LogP contribution in [0.4, 0.5) is 0 Å². The Morgan fingerprint density at radius 2 is 1.45 bits per heavy atom. The first-order valence-electron chi connectivity index (χ1n) is 2.14. The second-order valence-corrected chi connectivity index (χ2v) is 4.21. The summed E-state index contributed by atoms with van der Waals surface area (Å²) in [6, 6.07) is 0. The van der Waals surface area contributed by atoms with Crippen LogP contribution < -0.4 is 0 Å². The molecule has 66 valence electrons. The number of halogens is 2. The first kappa shape index (κ1) is 14.2. The maximum atomic E-state index is 9.39. The van der Waals surface area contributed by atoms with E-state index in [0.717, 1.165) is 0 Å². The number of rotatable bonds is 2. The zero-order valence-corrected chi connectivity index (χ0v) is 8.65.